The van der Waals surface area contributed by atoms with E-state index in [1.807, 2.05) is 67.0 Å². The van der Waals surface area contributed by atoms with Crippen molar-refractivity contribution < 1.29 is 18.8 Å². The number of carbonyl (C=O) groups is 1. The number of hydrogen-bond donors (Lipinski definition) is 1. The number of piperazine rings is 1. The molecule has 0 radical (unpaired) electrons. The fraction of sp³-hybridized carbons (Fsp3) is 0.680. The van der Waals surface area contributed by atoms with Crippen molar-refractivity contribution in [1.82, 2.24) is 15.2 Å². The zero-order chi connectivity index (χ0) is 26.4. The normalized spacial score (nSPS) is 16.7. The van der Waals surface area contributed by atoms with E-state index in [9.17, 15) is 4.79 Å². The molecule has 0 aliphatic carbocycles. The van der Waals surface area contributed by atoms with Crippen LogP contribution in [0, 0.1) is 12.8 Å². The summed E-state index contributed by atoms with van der Waals surface area (Å²) in [5.41, 5.74) is 0.193. The van der Waals surface area contributed by atoms with E-state index in [2.05, 4.69) is 41.9 Å². The molecule has 8 nitrogen and oxygen atoms in total. The maximum atomic E-state index is 12.1. The molecule has 0 atom stereocenters. The van der Waals surface area contributed by atoms with E-state index >= 15 is 0 Å². The van der Waals surface area contributed by atoms with Crippen LogP contribution in [-0.4, -0.2) is 81.2 Å². The molecular weight excluding hydrogens is 431 g/mol. The summed E-state index contributed by atoms with van der Waals surface area (Å²) in [6.07, 6.45) is 10.8. The van der Waals surface area contributed by atoms with E-state index in [1.54, 1.807) is 4.90 Å². The van der Waals surface area contributed by atoms with E-state index in [1.165, 1.54) is 6.42 Å². The third-order valence-corrected chi connectivity index (χ3v) is 4.31. The second-order valence-corrected chi connectivity index (χ2v) is 9.63. The summed E-state index contributed by atoms with van der Waals surface area (Å²) < 4.78 is 17.0. The van der Waals surface area contributed by atoms with Gasteiger partial charge in [-0.15, -0.1) is 12.8 Å². The molecule has 0 saturated carbocycles. The number of terminal acetylenes is 1. The second-order valence-electron chi connectivity index (χ2n) is 9.63. The minimum Gasteiger partial charge on any atom is -0.444 e. The summed E-state index contributed by atoms with van der Waals surface area (Å²) in [6, 6.07) is 3.98. The van der Waals surface area contributed by atoms with Gasteiger partial charge in [0, 0.05) is 37.8 Å². The number of anilines is 1. The molecule has 2 fully saturated rings. The average Bonchev–Trinajstić information content (AvgIpc) is 3.15. The van der Waals surface area contributed by atoms with E-state index in [-0.39, 0.29) is 18.8 Å². The van der Waals surface area contributed by atoms with E-state index in [4.69, 9.17) is 14.0 Å². The molecule has 2 aliphatic rings. The number of hydrogen-bond acceptors (Lipinski definition) is 7. The average molecular weight is 476 g/mol. The lowest BCUT2D eigenvalue weighted by Crippen LogP contribution is -2.50. The lowest BCUT2D eigenvalue weighted by molar-refractivity contribution is 0.0240. The summed E-state index contributed by atoms with van der Waals surface area (Å²) in [5, 5.41) is 2.75. The molecule has 9 heteroatoms. The van der Waals surface area contributed by atoms with Gasteiger partial charge in [0.2, 0.25) is 0 Å². The predicted octanol–water partition coefficient (Wildman–Crippen LogP) is 3.16. The van der Waals surface area contributed by atoms with Crippen LogP contribution in [-0.2, 0) is 14.0 Å². The number of ether oxygens (including phenoxy) is 1. The lowest BCUT2D eigenvalue weighted by Gasteiger charge is -2.36. The second kappa shape index (κ2) is 15.6. The van der Waals surface area contributed by atoms with E-state index in [0.29, 0.717) is 19.7 Å². The molecule has 3 rings (SSSR count). The zero-order valence-electron chi connectivity index (χ0n) is 22.7. The molecule has 34 heavy (non-hydrogen) atoms. The van der Waals surface area contributed by atoms with Crippen molar-refractivity contribution in [2.45, 2.75) is 66.1 Å². The van der Waals surface area contributed by atoms with Gasteiger partial charge in [-0.2, -0.15) is 0 Å². The Morgan fingerprint density at radius 2 is 1.71 bits per heavy atom. The monoisotopic (exact) mass is 476 g/mol. The van der Waals surface area contributed by atoms with Gasteiger partial charge in [0.25, 0.3) is 0 Å². The quantitative estimate of drug-likeness (QED) is 0.519. The largest absolute Gasteiger partial charge is 0.496 e. The SMILES string of the molecule is C#C.CC(C)(C)OC(=O)N1CCN(c2ccc(B3OCC(C)(C)O3)cn2)CC1.CCC.CNC. The molecule has 1 aromatic heterocycles. The van der Waals surface area contributed by atoms with Crippen LogP contribution in [0.5, 0.6) is 0 Å². The first-order valence-electron chi connectivity index (χ1n) is 11.9. The molecular formula is C25H45BN4O4. The van der Waals surface area contributed by atoms with Crippen LogP contribution >= 0.6 is 0 Å². The van der Waals surface area contributed by atoms with Crippen molar-refractivity contribution in [3.8, 4) is 12.8 Å². The molecule has 3 heterocycles. The third-order valence-electron chi connectivity index (χ3n) is 4.31. The molecule has 0 unspecified atom stereocenters. The lowest BCUT2D eigenvalue weighted by atomic mass is 9.80. The van der Waals surface area contributed by atoms with Crippen molar-refractivity contribution in [2.24, 2.45) is 0 Å². The van der Waals surface area contributed by atoms with Crippen molar-refractivity contribution >= 4 is 24.5 Å². The Morgan fingerprint density at radius 1 is 1.18 bits per heavy atom. The van der Waals surface area contributed by atoms with Crippen molar-refractivity contribution in [3.63, 3.8) is 0 Å². The van der Waals surface area contributed by atoms with Gasteiger partial charge in [0.1, 0.15) is 11.4 Å². The minimum atomic E-state index is -0.468. The number of pyridine rings is 1. The summed E-state index contributed by atoms with van der Waals surface area (Å²) in [6.45, 7) is 17.2. The number of amides is 1. The highest BCUT2D eigenvalue weighted by Gasteiger charge is 2.38. The van der Waals surface area contributed by atoms with Crippen molar-refractivity contribution in [1.29, 1.82) is 0 Å². The number of rotatable bonds is 2. The number of nitrogens with one attached hydrogen (secondary N) is 1. The highest BCUT2D eigenvalue weighted by atomic mass is 16.7. The first kappa shape index (κ1) is 31.7. The smallest absolute Gasteiger partial charge is 0.444 e. The van der Waals surface area contributed by atoms with Crippen LogP contribution < -0.4 is 15.7 Å². The molecule has 1 amide bonds. The van der Waals surface area contributed by atoms with Crippen LogP contribution in [0.2, 0.25) is 0 Å². The zero-order valence-corrected chi connectivity index (χ0v) is 22.7. The Morgan fingerprint density at radius 3 is 2.09 bits per heavy atom. The summed E-state index contributed by atoms with van der Waals surface area (Å²) in [4.78, 5) is 20.6. The van der Waals surface area contributed by atoms with Crippen LogP contribution in [0.4, 0.5) is 10.6 Å². The molecule has 1 aromatic rings. The van der Waals surface area contributed by atoms with Gasteiger partial charge < -0.3 is 29.2 Å². The van der Waals surface area contributed by atoms with Crippen LogP contribution in [0.25, 0.3) is 0 Å². The van der Waals surface area contributed by atoms with Gasteiger partial charge in [0.05, 0.1) is 12.2 Å². The maximum Gasteiger partial charge on any atom is 0.496 e. The standard InChI is InChI=1S/C18H28BN3O4.C3H8.C2H7N.C2H2/c1-17(2,3)25-16(23)22-10-8-21(9-11-22)15-7-6-14(12-20-15)19-24-13-18(4,5)26-19;2*1-3-2;1-2/h6-7,12H,8-11,13H2,1-5H3;3H2,1-2H3;3H,1-2H3;1-2H. The van der Waals surface area contributed by atoms with Gasteiger partial charge in [-0.1, -0.05) is 26.3 Å². The minimum absolute atomic E-state index is 0.251. The Kier molecular flexibility index (Phi) is 14.6. The molecule has 0 aromatic carbocycles. The molecule has 0 bridgehead atoms. The Bertz CT molecular complexity index is 710. The van der Waals surface area contributed by atoms with Gasteiger partial charge in [-0.25, -0.2) is 9.78 Å². The highest BCUT2D eigenvalue weighted by Crippen LogP contribution is 2.20. The van der Waals surface area contributed by atoms with Crippen molar-refractivity contribution in [3.05, 3.63) is 18.3 Å². The number of nitrogens with zero attached hydrogens (tertiary/aromatic N) is 3. The first-order valence-corrected chi connectivity index (χ1v) is 11.9. The fourth-order valence-electron chi connectivity index (χ4n) is 2.97. The Balaban J connectivity index is 0.00000121. The third kappa shape index (κ3) is 11.7. The highest BCUT2D eigenvalue weighted by molar-refractivity contribution is 6.61. The predicted molar refractivity (Wildman–Crippen MR) is 142 cm³/mol. The molecule has 2 saturated heterocycles. The van der Waals surface area contributed by atoms with Crippen LogP contribution in [0.15, 0.2) is 18.3 Å². The van der Waals surface area contributed by atoms with Crippen LogP contribution in [0.1, 0.15) is 54.9 Å². The Labute approximate surface area is 207 Å². The fourth-order valence-corrected chi connectivity index (χ4v) is 2.97. The van der Waals surface area contributed by atoms with Crippen LogP contribution in [0.3, 0.4) is 0 Å². The van der Waals surface area contributed by atoms with Gasteiger partial charge in [-0.05, 0) is 54.8 Å². The van der Waals surface area contributed by atoms with Crippen molar-refractivity contribution in [2.75, 3.05) is 51.8 Å². The molecule has 192 valence electrons. The summed E-state index contributed by atoms with van der Waals surface area (Å²) in [7, 11) is 3.40. The van der Waals surface area contributed by atoms with E-state index < -0.39 is 5.60 Å². The maximum absolute atomic E-state index is 12.1. The summed E-state index contributed by atoms with van der Waals surface area (Å²) in [5.74, 6) is 0.898. The van der Waals surface area contributed by atoms with Gasteiger partial charge in [-0.3, -0.25) is 0 Å². The van der Waals surface area contributed by atoms with E-state index in [0.717, 1.165) is 24.4 Å². The molecule has 0 spiro atoms. The van der Waals surface area contributed by atoms with Gasteiger partial charge in [0.15, 0.2) is 0 Å². The number of carbonyl (C=O) groups excluding carboxylic acids is 1. The molecule has 1 N–H and O–H groups in total. The topological polar surface area (TPSA) is 76.2 Å². The van der Waals surface area contributed by atoms with Gasteiger partial charge >= 0.3 is 13.2 Å². The number of aromatic nitrogens is 1. The summed E-state index contributed by atoms with van der Waals surface area (Å²) >= 11 is 0. The Hall–Kier alpha value is -2.28. The first-order chi connectivity index (χ1) is 16.0. The molecule has 2 aliphatic heterocycles.